The maximum atomic E-state index is 11.0. The molecule has 0 saturated carbocycles. The molecule has 0 amide bonds. The van der Waals surface area contributed by atoms with E-state index in [0.29, 0.717) is 11.7 Å². The number of hydrogen-bond donors (Lipinski definition) is 0. The Morgan fingerprint density at radius 3 is 2.72 bits per heavy atom. The van der Waals surface area contributed by atoms with E-state index in [1.807, 2.05) is 13.8 Å². The van der Waals surface area contributed by atoms with E-state index in [1.165, 1.54) is 17.1 Å². The summed E-state index contributed by atoms with van der Waals surface area (Å²) in [5, 5.41) is 3.59. The molecule has 0 aliphatic carbocycles. The molecule has 2 aromatic rings. The standard InChI is InChI=1S/C9H11ClN4O3S/c1-6(2)9-12-7(13-17-9)3-14-4-8(11-5-14)18(10,15)16/h4-6H,3H2,1-2H3. The monoisotopic (exact) mass is 290 g/mol. The second-order valence-corrected chi connectivity index (χ2v) is 6.54. The molecule has 0 radical (unpaired) electrons. The van der Waals surface area contributed by atoms with E-state index in [1.54, 1.807) is 0 Å². The zero-order valence-electron chi connectivity index (χ0n) is 9.74. The molecule has 0 aromatic carbocycles. The lowest BCUT2D eigenvalue weighted by Crippen LogP contribution is -1.99. The highest BCUT2D eigenvalue weighted by Gasteiger charge is 2.15. The van der Waals surface area contributed by atoms with Gasteiger partial charge in [-0.2, -0.15) is 4.98 Å². The van der Waals surface area contributed by atoms with Crippen LogP contribution < -0.4 is 0 Å². The molecule has 9 heteroatoms. The molecule has 98 valence electrons. The predicted octanol–water partition coefficient (Wildman–Crippen LogP) is 1.37. The molecule has 2 heterocycles. The van der Waals surface area contributed by atoms with Crippen molar-refractivity contribution in [2.75, 3.05) is 0 Å². The van der Waals surface area contributed by atoms with Crippen molar-refractivity contribution in [3.63, 3.8) is 0 Å². The lowest BCUT2D eigenvalue weighted by molar-refractivity contribution is 0.360. The average molecular weight is 291 g/mol. The van der Waals surface area contributed by atoms with Crippen LogP contribution in [-0.4, -0.2) is 28.1 Å². The zero-order chi connectivity index (χ0) is 13.3. The highest BCUT2D eigenvalue weighted by molar-refractivity contribution is 8.13. The number of hydrogen-bond acceptors (Lipinski definition) is 6. The van der Waals surface area contributed by atoms with Gasteiger partial charge in [0.2, 0.25) is 5.89 Å². The van der Waals surface area contributed by atoms with Gasteiger partial charge in [0.1, 0.15) is 0 Å². The minimum atomic E-state index is -3.81. The molecule has 0 N–H and O–H groups in total. The van der Waals surface area contributed by atoms with Crippen LogP contribution in [0.15, 0.2) is 22.1 Å². The molecule has 18 heavy (non-hydrogen) atoms. The summed E-state index contributed by atoms with van der Waals surface area (Å²) in [6, 6.07) is 0. The fraction of sp³-hybridized carbons (Fsp3) is 0.444. The molecule has 0 aliphatic rings. The Morgan fingerprint density at radius 1 is 1.50 bits per heavy atom. The fourth-order valence-corrected chi connectivity index (χ4v) is 1.95. The third-order valence-corrected chi connectivity index (χ3v) is 3.35. The van der Waals surface area contributed by atoms with Crippen molar-refractivity contribution in [2.24, 2.45) is 0 Å². The number of imidazole rings is 1. The molecule has 0 atom stereocenters. The smallest absolute Gasteiger partial charge is 0.280 e. The normalized spacial score (nSPS) is 12.2. The van der Waals surface area contributed by atoms with Crippen LogP contribution >= 0.6 is 10.7 Å². The average Bonchev–Trinajstić information content (AvgIpc) is 2.85. The first-order chi connectivity index (χ1) is 8.36. The summed E-state index contributed by atoms with van der Waals surface area (Å²) in [7, 11) is 1.36. The molecular weight excluding hydrogens is 280 g/mol. The Labute approximate surface area is 108 Å². The third-order valence-electron chi connectivity index (χ3n) is 2.16. The van der Waals surface area contributed by atoms with Gasteiger partial charge in [-0.3, -0.25) is 0 Å². The Morgan fingerprint density at radius 2 is 2.22 bits per heavy atom. The van der Waals surface area contributed by atoms with Crippen LogP contribution in [0, 0.1) is 0 Å². The van der Waals surface area contributed by atoms with Crippen molar-refractivity contribution in [2.45, 2.75) is 31.3 Å². The Kier molecular flexibility index (Phi) is 3.40. The van der Waals surface area contributed by atoms with E-state index in [9.17, 15) is 8.42 Å². The number of nitrogens with zero attached hydrogens (tertiary/aromatic N) is 4. The first kappa shape index (κ1) is 13.0. The summed E-state index contributed by atoms with van der Waals surface area (Å²) in [5.41, 5.74) is 0. The van der Waals surface area contributed by atoms with Crippen molar-refractivity contribution in [3.8, 4) is 0 Å². The maximum Gasteiger partial charge on any atom is 0.280 e. The number of aromatic nitrogens is 4. The van der Waals surface area contributed by atoms with E-state index in [0.717, 1.165) is 0 Å². The van der Waals surface area contributed by atoms with Gasteiger partial charge < -0.3 is 9.09 Å². The van der Waals surface area contributed by atoms with Gasteiger partial charge in [0.25, 0.3) is 9.05 Å². The van der Waals surface area contributed by atoms with Gasteiger partial charge >= 0.3 is 0 Å². The maximum absolute atomic E-state index is 11.0. The van der Waals surface area contributed by atoms with Gasteiger partial charge in [0, 0.05) is 22.8 Å². The topological polar surface area (TPSA) is 90.9 Å². The van der Waals surface area contributed by atoms with Crippen LogP contribution in [0.5, 0.6) is 0 Å². The van der Waals surface area contributed by atoms with Gasteiger partial charge in [0.05, 0.1) is 12.9 Å². The molecule has 0 saturated heterocycles. The summed E-state index contributed by atoms with van der Waals surface area (Å²) in [6.45, 7) is 4.15. The van der Waals surface area contributed by atoms with Gasteiger partial charge in [-0.15, -0.1) is 0 Å². The predicted molar refractivity (Wildman–Crippen MR) is 62.8 cm³/mol. The molecule has 0 fully saturated rings. The molecule has 0 bridgehead atoms. The second kappa shape index (κ2) is 4.69. The third kappa shape index (κ3) is 2.88. The zero-order valence-corrected chi connectivity index (χ0v) is 11.3. The van der Waals surface area contributed by atoms with Crippen LogP contribution in [0.2, 0.25) is 0 Å². The summed E-state index contributed by atoms with van der Waals surface area (Å²) in [4.78, 5) is 7.85. The molecule has 0 unspecified atom stereocenters. The Bertz CT molecular complexity index is 646. The first-order valence-corrected chi connectivity index (χ1v) is 7.46. The van der Waals surface area contributed by atoms with Crippen LogP contribution in [0.25, 0.3) is 0 Å². The van der Waals surface area contributed by atoms with Gasteiger partial charge in [0.15, 0.2) is 10.9 Å². The minimum absolute atomic E-state index is 0.146. The minimum Gasteiger partial charge on any atom is -0.339 e. The lowest BCUT2D eigenvalue weighted by atomic mass is 10.2. The summed E-state index contributed by atoms with van der Waals surface area (Å²) >= 11 is 0. The fourth-order valence-electron chi connectivity index (χ4n) is 1.28. The Hall–Kier alpha value is -1.41. The van der Waals surface area contributed by atoms with Crippen molar-refractivity contribution < 1.29 is 12.9 Å². The highest BCUT2D eigenvalue weighted by atomic mass is 35.7. The van der Waals surface area contributed by atoms with Crippen LogP contribution in [-0.2, 0) is 15.6 Å². The largest absolute Gasteiger partial charge is 0.339 e. The molecule has 2 rings (SSSR count). The molecule has 2 aromatic heterocycles. The van der Waals surface area contributed by atoms with E-state index >= 15 is 0 Å². The summed E-state index contributed by atoms with van der Waals surface area (Å²) < 4.78 is 28.6. The number of halogens is 1. The molecular formula is C9H11ClN4O3S. The second-order valence-electron chi connectivity index (χ2n) is 4.03. The van der Waals surface area contributed by atoms with Crippen molar-refractivity contribution in [1.82, 2.24) is 19.7 Å². The van der Waals surface area contributed by atoms with Crippen LogP contribution in [0.1, 0.15) is 31.5 Å². The summed E-state index contributed by atoms with van der Waals surface area (Å²) in [6.07, 6.45) is 2.66. The van der Waals surface area contributed by atoms with Crippen LogP contribution in [0.3, 0.4) is 0 Å². The number of rotatable bonds is 4. The van der Waals surface area contributed by atoms with E-state index in [2.05, 4.69) is 15.1 Å². The van der Waals surface area contributed by atoms with Crippen molar-refractivity contribution >= 4 is 19.7 Å². The van der Waals surface area contributed by atoms with E-state index < -0.39 is 9.05 Å². The van der Waals surface area contributed by atoms with E-state index in [4.69, 9.17) is 15.2 Å². The van der Waals surface area contributed by atoms with Crippen LogP contribution in [0.4, 0.5) is 0 Å². The van der Waals surface area contributed by atoms with Crippen molar-refractivity contribution in [1.29, 1.82) is 0 Å². The SMILES string of the molecule is CC(C)c1nc(Cn2cnc(S(=O)(=O)Cl)c2)no1. The quantitative estimate of drug-likeness (QED) is 0.790. The van der Waals surface area contributed by atoms with Gasteiger partial charge in [-0.1, -0.05) is 19.0 Å². The molecule has 0 aliphatic heterocycles. The molecule has 7 nitrogen and oxygen atoms in total. The van der Waals surface area contributed by atoms with Gasteiger partial charge in [-0.25, -0.2) is 13.4 Å². The molecule has 0 spiro atoms. The van der Waals surface area contributed by atoms with Gasteiger partial charge in [-0.05, 0) is 0 Å². The Balaban J connectivity index is 2.16. The van der Waals surface area contributed by atoms with E-state index in [-0.39, 0.29) is 17.5 Å². The highest BCUT2D eigenvalue weighted by Crippen LogP contribution is 2.14. The summed E-state index contributed by atoms with van der Waals surface area (Å²) in [5.74, 6) is 1.14. The van der Waals surface area contributed by atoms with Crippen molar-refractivity contribution in [3.05, 3.63) is 24.2 Å². The lowest BCUT2D eigenvalue weighted by Gasteiger charge is -1.95. The first-order valence-electron chi connectivity index (χ1n) is 5.15.